The van der Waals surface area contributed by atoms with Crippen LogP contribution in [0.3, 0.4) is 0 Å². The summed E-state index contributed by atoms with van der Waals surface area (Å²) in [6.45, 7) is 2.28. The third-order valence-corrected chi connectivity index (χ3v) is 6.13. The highest BCUT2D eigenvalue weighted by molar-refractivity contribution is 6.33. The van der Waals surface area contributed by atoms with Gasteiger partial charge >= 0.3 is 0 Å². The molecule has 1 aliphatic carbocycles. The van der Waals surface area contributed by atoms with Crippen molar-refractivity contribution >= 4 is 23.6 Å². The molecule has 0 N–H and O–H groups in total. The largest absolute Gasteiger partial charge is 0.496 e. The van der Waals surface area contributed by atoms with Gasteiger partial charge in [0.2, 0.25) is 17.7 Å². The fourth-order valence-corrected chi connectivity index (χ4v) is 4.22. The van der Waals surface area contributed by atoms with Gasteiger partial charge in [-0.25, -0.2) is 0 Å². The van der Waals surface area contributed by atoms with E-state index in [-0.39, 0.29) is 24.6 Å². The van der Waals surface area contributed by atoms with Gasteiger partial charge in [0.25, 0.3) is 0 Å². The van der Waals surface area contributed by atoms with Crippen molar-refractivity contribution in [2.45, 2.75) is 44.9 Å². The molecule has 1 aliphatic heterocycles. The standard InChI is InChI=1S/C25H24ClN3O4/c1-15-11-17-13-21(31-2)16(12-22(17)32-15)7-10-24(30)29(18-8-9-18)14-23-27-28-25(33-23)19-5-3-4-6-20(19)26/h3-7,10,12-13,15,18H,8-9,11,14H2,1-2H3. The second-order valence-electron chi connectivity index (χ2n) is 8.35. The molecule has 1 aromatic heterocycles. The van der Waals surface area contributed by atoms with E-state index in [1.165, 1.54) is 0 Å². The normalized spacial score (nSPS) is 17.1. The van der Waals surface area contributed by atoms with Crippen molar-refractivity contribution < 1.29 is 18.7 Å². The summed E-state index contributed by atoms with van der Waals surface area (Å²) in [7, 11) is 1.63. The van der Waals surface area contributed by atoms with Gasteiger partial charge in [-0.3, -0.25) is 4.79 Å². The van der Waals surface area contributed by atoms with Crippen LogP contribution in [0.4, 0.5) is 0 Å². The van der Waals surface area contributed by atoms with Gasteiger partial charge < -0.3 is 18.8 Å². The lowest BCUT2D eigenvalue weighted by atomic mass is 10.1. The van der Waals surface area contributed by atoms with Crippen LogP contribution in [0.15, 0.2) is 46.9 Å². The number of nitrogens with zero attached hydrogens (tertiary/aromatic N) is 3. The van der Waals surface area contributed by atoms with Crippen molar-refractivity contribution in [3.8, 4) is 23.0 Å². The van der Waals surface area contributed by atoms with E-state index in [0.717, 1.165) is 41.9 Å². The number of benzene rings is 2. The van der Waals surface area contributed by atoms with E-state index in [4.69, 9.17) is 25.5 Å². The Bertz CT molecular complexity index is 1220. The van der Waals surface area contributed by atoms with E-state index in [1.807, 2.05) is 37.3 Å². The smallest absolute Gasteiger partial charge is 0.249 e. The second kappa shape index (κ2) is 8.90. The predicted octanol–water partition coefficient (Wildman–Crippen LogP) is 4.93. The molecule has 0 bridgehead atoms. The number of halogens is 1. The van der Waals surface area contributed by atoms with Crippen LogP contribution in [0.5, 0.6) is 11.5 Å². The van der Waals surface area contributed by atoms with Gasteiger partial charge in [0.15, 0.2) is 0 Å². The first-order valence-electron chi connectivity index (χ1n) is 11.0. The van der Waals surface area contributed by atoms with Crippen LogP contribution in [0, 0.1) is 0 Å². The molecule has 1 atom stereocenters. The van der Waals surface area contributed by atoms with Crippen molar-refractivity contribution in [3.05, 3.63) is 64.5 Å². The fraction of sp³-hybridized carbons (Fsp3) is 0.320. The third kappa shape index (κ3) is 4.59. The van der Waals surface area contributed by atoms with Crippen molar-refractivity contribution in [2.24, 2.45) is 0 Å². The van der Waals surface area contributed by atoms with Gasteiger partial charge in [0, 0.05) is 29.7 Å². The van der Waals surface area contributed by atoms with Crippen LogP contribution in [0.25, 0.3) is 17.5 Å². The lowest BCUT2D eigenvalue weighted by molar-refractivity contribution is -0.127. The van der Waals surface area contributed by atoms with Crippen molar-refractivity contribution in [2.75, 3.05) is 7.11 Å². The maximum Gasteiger partial charge on any atom is 0.249 e. The second-order valence-corrected chi connectivity index (χ2v) is 8.75. The van der Waals surface area contributed by atoms with Crippen LogP contribution >= 0.6 is 11.6 Å². The van der Waals surface area contributed by atoms with E-state index in [1.54, 1.807) is 30.2 Å². The minimum Gasteiger partial charge on any atom is -0.496 e. The van der Waals surface area contributed by atoms with Gasteiger partial charge in [-0.1, -0.05) is 23.7 Å². The highest BCUT2D eigenvalue weighted by Crippen LogP contribution is 2.36. The Balaban J connectivity index is 1.33. The highest BCUT2D eigenvalue weighted by Gasteiger charge is 2.33. The van der Waals surface area contributed by atoms with Crippen molar-refractivity contribution in [1.82, 2.24) is 15.1 Å². The number of hydrogen-bond acceptors (Lipinski definition) is 6. The molecule has 0 saturated heterocycles. The number of carbonyl (C=O) groups excluding carboxylic acids is 1. The lowest BCUT2D eigenvalue weighted by Gasteiger charge is -2.18. The number of hydrogen-bond donors (Lipinski definition) is 0. The molecule has 3 aromatic rings. The Morgan fingerprint density at radius 1 is 1.27 bits per heavy atom. The first kappa shape index (κ1) is 21.5. The molecule has 33 heavy (non-hydrogen) atoms. The number of carbonyl (C=O) groups is 1. The van der Waals surface area contributed by atoms with Crippen LogP contribution in [-0.2, 0) is 17.8 Å². The summed E-state index contributed by atoms with van der Waals surface area (Å²) in [5.41, 5.74) is 2.59. The summed E-state index contributed by atoms with van der Waals surface area (Å²) in [6.07, 6.45) is 6.24. The van der Waals surface area contributed by atoms with E-state index in [0.29, 0.717) is 22.4 Å². The first-order chi connectivity index (χ1) is 16.0. The number of methoxy groups -OCH3 is 1. The topological polar surface area (TPSA) is 77.7 Å². The average Bonchev–Trinajstić information content (AvgIpc) is 3.43. The maximum absolute atomic E-state index is 13.1. The van der Waals surface area contributed by atoms with Crippen LogP contribution in [-0.4, -0.2) is 40.3 Å². The van der Waals surface area contributed by atoms with Gasteiger partial charge in [-0.15, -0.1) is 10.2 Å². The van der Waals surface area contributed by atoms with Gasteiger partial charge in [0.1, 0.15) is 17.6 Å². The number of rotatable bonds is 7. The first-order valence-corrected chi connectivity index (χ1v) is 11.3. The summed E-state index contributed by atoms with van der Waals surface area (Å²) in [4.78, 5) is 14.8. The summed E-state index contributed by atoms with van der Waals surface area (Å²) in [6, 6.07) is 11.4. The molecule has 170 valence electrons. The summed E-state index contributed by atoms with van der Waals surface area (Å²) in [5.74, 6) is 2.15. The molecule has 0 spiro atoms. The quantitative estimate of drug-likeness (QED) is 0.460. The van der Waals surface area contributed by atoms with Gasteiger partial charge in [-0.2, -0.15) is 0 Å². The molecule has 2 heterocycles. The summed E-state index contributed by atoms with van der Waals surface area (Å²) < 4.78 is 17.2. The van der Waals surface area contributed by atoms with Crippen LogP contribution in [0.2, 0.25) is 5.02 Å². The molecule has 1 amide bonds. The third-order valence-electron chi connectivity index (χ3n) is 5.80. The Labute approximate surface area is 197 Å². The Morgan fingerprint density at radius 2 is 2.09 bits per heavy atom. The van der Waals surface area contributed by atoms with Crippen LogP contribution in [0.1, 0.15) is 36.8 Å². The highest BCUT2D eigenvalue weighted by atomic mass is 35.5. The predicted molar refractivity (Wildman–Crippen MR) is 124 cm³/mol. The monoisotopic (exact) mass is 465 g/mol. The Morgan fingerprint density at radius 3 is 2.85 bits per heavy atom. The van der Waals surface area contributed by atoms with E-state index < -0.39 is 0 Å². The number of ether oxygens (including phenoxy) is 2. The van der Waals surface area contributed by atoms with Crippen LogP contribution < -0.4 is 9.47 Å². The fourth-order valence-electron chi connectivity index (χ4n) is 4.00. The molecule has 8 heteroatoms. The van der Waals surface area contributed by atoms with Crippen molar-refractivity contribution in [3.63, 3.8) is 0 Å². The minimum atomic E-state index is -0.119. The SMILES string of the molecule is COc1cc2c(cc1C=CC(=O)N(Cc1nnc(-c3ccccc3Cl)o1)C1CC1)OC(C)C2. The van der Waals surface area contributed by atoms with Crippen molar-refractivity contribution in [1.29, 1.82) is 0 Å². The number of fused-ring (bicyclic) bond motifs is 1. The molecule has 1 saturated carbocycles. The van der Waals surface area contributed by atoms with E-state index in [9.17, 15) is 4.79 Å². The molecule has 1 unspecified atom stereocenters. The summed E-state index contributed by atoms with van der Waals surface area (Å²) in [5, 5.41) is 8.77. The molecule has 5 rings (SSSR count). The molecule has 0 radical (unpaired) electrons. The Hall–Kier alpha value is -3.32. The number of aromatic nitrogens is 2. The zero-order valence-electron chi connectivity index (χ0n) is 18.5. The molecule has 2 aliphatic rings. The van der Waals surface area contributed by atoms with E-state index in [2.05, 4.69) is 10.2 Å². The zero-order chi connectivity index (χ0) is 22.9. The molecular weight excluding hydrogens is 442 g/mol. The maximum atomic E-state index is 13.1. The summed E-state index contributed by atoms with van der Waals surface area (Å²) >= 11 is 6.23. The minimum absolute atomic E-state index is 0.119. The molecular formula is C25H24ClN3O4. The van der Waals surface area contributed by atoms with E-state index >= 15 is 0 Å². The Kier molecular flexibility index (Phi) is 5.81. The number of amides is 1. The molecule has 1 fully saturated rings. The van der Waals surface area contributed by atoms with Gasteiger partial charge in [-0.05, 0) is 50.1 Å². The molecule has 2 aromatic carbocycles. The average molecular weight is 466 g/mol. The lowest BCUT2D eigenvalue weighted by Crippen LogP contribution is -2.31. The van der Waals surface area contributed by atoms with Gasteiger partial charge in [0.05, 0.1) is 24.2 Å². The molecule has 7 nitrogen and oxygen atoms in total. The zero-order valence-corrected chi connectivity index (χ0v) is 19.2.